The number of aromatic nitrogens is 1. The molecule has 0 amide bonds. The van der Waals surface area contributed by atoms with Crippen molar-refractivity contribution in [3.8, 4) is 11.5 Å². The molecule has 3 nitrogen and oxygen atoms in total. The second-order valence-electron chi connectivity index (χ2n) is 3.31. The molecule has 1 aliphatic heterocycles. The smallest absolute Gasteiger partial charge is 1.00 e. The van der Waals surface area contributed by atoms with Gasteiger partial charge in [-0.05, 0) is 24.3 Å². The molecule has 0 aromatic heterocycles. The Morgan fingerprint density at radius 3 is 2.81 bits per heavy atom. The molecule has 1 aliphatic carbocycles. The minimum absolute atomic E-state index is 0. The van der Waals surface area contributed by atoms with E-state index >= 15 is 0 Å². The number of fused-ring (bicyclic) bond motifs is 2. The maximum Gasteiger partial charge on any atom is 1.00 e. The first kappa shape index (κ1) is 11.3. The van der Waals surface area contributed by atoms with Crippen molar-refractivity contribution in [2.45, 2.75) is 0 Å². The number of nitrogens with zero attached hydrogens (tertiary/aromatic N) is 1. The molecule has 0 N–H and O–H groups in total. The predicted octanol–water partition coefficient (Wildman–Crippen LogP) is -0.591. The van der Waals surface area contributed by atoms with E-state index in [9.17, 15) is 4.79 Å². The maximum absolute atomic E-state index is 11.1. The molecule has 2 aliphatic rings. The summed E-state index contributed by atoms with van der Waals surface area (Å²) in [7, 11) is 0. The van der Waals surface area contributed by atoms with E-state index in [2.05, 4.69) is 4.98 Å². The molecule has 4 heteroatoms. The van der Waals surface area contributed by atoms with Crippen LogP contribution in [0.5, 0.6) is 0 Å². The van der Waals surface area contributed by atoms with Gasteiger partial charge in [-0.15, -0.1) is 0 Å². The zero-order valence-corrected chi connectivity index (χ0v) is 10.8. The zero-order valence-electron chi connectivity index (χ0n) is 9.81. The fraction of sp³-hybridized carbons (Fsp3) is 0. The van der Waals surface area contributed by atoms with Gasteiger partial charge in [-0.3, -0.25) is 4.79 Å². The van der Waals surface area contributed by atoms with E-state index < -0.39 is 0 Å². The molecular formula is C12H8NNaO2. The van der Waals surface area contributed by atoms with Gasteiger partial charge in [-0.1, -0.05) is 12.1 Å². The predicted molar refractivity (Wildman–Crippen MR) is 58.0 cm³/mol. The molecule has 0 fully saturated rings. The van der Waals surface area contributed by atoms with Crippen LogP contribution < -0.4 is 35.0 Å². The van der Waals surface area contributed by atoms with Crippen molar-refractivity contribution in [2.24, 2.45) is 0 Å². The molecule has 0 saturated heterocycles. The first-order chi connectivity index (χ1) is 7.33. The summed E-state index contributed by atoms with van der Waals surface area (Å²) in [5, 5.41) is 0. The van der Waals surface area contributed by atoms with E-state index in [-0.39, 0.29) is 36.4 Å². The van der Waals surface area contributed by atoms with Gasteiger partial charge in [0, 0.05) is 6.07 Å². The Hall–Kier alpha value is -1.16. The molecular weight excluding hydrogens is 213 g/mol. The third kappa shape index (κ3) is 1.89. The third-order valence-electron chi connectivity index (χ3n) is 2.26. The average molecular weight is 221 g/mol. The van der Waals surface area contributed by atoms with Crippen molar-refractivity contribution in [1.29, 1.82) is 0 Å². The van der Waals surface area contributed by atoms with Crippen molar-refractivity contribution in [1.82, 2.24) is 4.98 Å². The Bertz CT molecular complexity index is 668. The van der Waals surface area contributed by atoms with E-state index in [1.165, 1.54) is 12.1 Å². The van der Waals surface area contributed by atoms with Gasteiger partial charge in [0.05, 0.1) is 0 Å². The first-order valence-electron chi connectivity index (χ1n) is 4.62. The van der Waals surface area contributed by atoms with Crippen LogP contribution in [0.1, 0.15) is 1.43 Å². The van der Waals surface area contributed by atoms with Gasteiger partial charge in [0.25, 0.3) is 0 Å². The molecule has 0 spiro atoms. The molecule has 0 radical (unpaired) electrons. The second kappa shape index (κ2) is 4.37. The van der Waals surface area contributed by atoms with Crippen LogP contribution in [-0.2, 0) is 0 Å². The summed E-state index contributed by atoms with van der Waals surface area (Å²) in [6, 6.07) is 12.1. The molecule has 16 heavy (non-hydrogen) atoms. The Morgan fingerprint density at radius 2 is 1.94 bits per heavy atom. The van der Waals surface area contributed by atoms with E-state index in [0.717, 1.165) is 5.52 Å². The van der Waals surface area contributed by atoms with Crippen molar-refractivity contribution in [3.63, 3.8) is 0 Å². The zero-order chi connectivity index (χ0) is 10.3. The molecule has 3 rings (SSSR count). The molecule has 0 unspecified atom stereocenters. The van der Waals surface area contributed by atoms with Gasteiger partial charge in [-0.25, -0.2) is 4.98 Å². The van der Waals surface area contributed by atoms with Crippen molar-refractivity contribution < 1.29 is 35.4 Å². The number of para-hydroxylation sites is 2. The van der Waals surface area contributed by atoms with Gasteiger partial charge >= 0.3 is 29.6 Å². The standard InChI is InChI=1S/C12H7NO2.Na.H/c14-8-5-6-10-12(7-8)15-11-4-2-1-3-9(11)13-10;;/h1-7H;;/q;+1;-1. The van der Waals surface area contributed by atoms with Gasteiger partial charge in [-0.2, -0.15) is 0 Å². The summed E-state index contributed by atoms with van der Waals surface area (Å²) in [5.41, 5.74) is 2.12. The Labute approximate surface area is 115 Å². The van der Waals surface area contributed by atoms with E-state index in [1.54, 1.807) is 6.07 Å². The molecule has 1 heterocycles. The van der Waals surface area contributed by atoms with E-state index in [4.69, 9.17) is 4.42 Å². The number of rotatable bonds is 0. The molecule has 0 saturated carbocycles. The summed E-state index contributed by atoms with van der Waals surface area (Å²) in [5.74, 6) is 0.529. The van der Waals surface area contributed by atoms with Gasteiger partial charge in [0.1, 0.15) is 11.2 Å². The van der Waals surface area contributed by atoms with Crippen LogP contribution in [0.2, 0.25) is 0 Å². The third-order valence-corrected chi connectivity index (χ3v) is 2.26. The van der Waals surface area contributed by atoms with Crippen LogP contribution >= 0.6 is 0 Å². The average Bonchev–Trinajstić information content (AvgIpc) is 2.26. The number of hydrogen-bond acceptors (Lipinski definition) is 3. The molecule has 1 aromatic rings. The topological polar surface area (TPSA) is 43.1 Å². The summed E-state index contributed by atoms with van der Waals surface area (Å²) >= 11 is 0. The summed E-state index contributed by atoms with van der Waals surface area (Å²) < 4.78 is 5.56. The maximum atomic E-state index is 11.1. The van der Waals surface area contributed by atoms with Crippen LogP contribution in [0.4, 0.5) is 0 Å². The van der Waals surface area contributed by atoms with Gasteiger partial charge < -0.3 is 5.84 Å². The number of hydrogen-bond donors (Lipinski definition) is 0. The van der Waals surface area contributed by atoms with Crippen LogP contribution in [0.15, 0.2) is 51.7 Å². The fourth-order valence-electron chi connectivity index (χ4n) is 1.55. The van der Waals surface area contributed by atoms with E-state index in [1.807, 2.05) is 24.3 Å². The van der Waals surface area contributed by atoms with Crippen molar-refractivity contribution in [2.75, 3.05) is 0 Å². The van der Waals surface area contributed by atoms with Crippen molar-refractivity contribution in [3.05, 3.63) is 52.7 Å². The second-order valence-corrected chi connectivity index (χ2v) is 3.31. The molecule has 0 bridgehead atoms. The summed E-state index contributed by atoms with van der Waals surface area (Å²) in [6.07, 6.45) is 0. The van der Waals surface area contributed by atoms with E-state index in [0.29, 0.717) is 17.0 Å². The first-order valence-corrected chi connectivity index (χ1v) is 4.62. The van der Waals surface area contributed by atoms with Crippen LogP contribution in [0.3, 0.4) is 0 Å². The van der Waals surface area contributed by atoms with Gasteiger partial charge in [0.15, 0.2) is 16.8 Å². The summed E-state index contributed by atoms with van der Waals surface area (Å²) in [6.45, 7) is 0. The number of benzene rings is 2. The largest absolute Gasteiger partial charge is 1.00 e. The quantitative estimate of drug-likeness (QED) is 0.376. The fourth-order valence-corrected chi connectivity index (χ4v) is 1.55. The van der Waals surface area contributed by atoms with Crippen LogP contribution in [-0.4, -0.2) is 4.98 Å². The Balaban J connectivity index is 0.000000722. The Morgan fingerprint density at radius 1 is 1.12 bits per heavy atom. The van der Waals surface area contributed by atoms with Crippen molar-refractivity contribution >= 4 is 11.1 Å². The van der Waals surface area contributed by atoms with Crippen LogP contribution in [0.25, 0.3) is 22.6 Å². The molecule has 0 atom stereocenters. The molecule has 74 valence electrons. The monoisotopic (exact) mass is 221 g/mol. The normalized spacial score (nSPS) is 10.2. The minimum atomic E-state index is -0.0664. The Kier molecular flexibility index (Phi) is 3.10. The minimum Gasteiger partial charge on any atom is -1.00 e. The van der Waals surface area contributed by atoms with Gasteiger partial charge in [0.2, 0.25) is 0 Å². The molecule has 1 aromatic carbocycles. The summed E-state index contributed by atoms with van der Waals surface area (Å²) in [4.78, 5) is 15.5. The van der Waals surface area contributed by atoms with Crippen LogP contribution in [0, 0.1) is 0 Å². The SMILES string of the molecule is O=c1ccc2nc3ccccc3oc-2c1.[H-].[Na+].